The third kappa shape index (κ3) is 3.57. The first-order valence-corrected chi connectivity index (χ1v) is 6.73. The van der Waals surface area contributed by atoms with E-state index in [0.717, 1.165) is 24.2 Å². The SMILES string of the molecule is CC(C)Oc1cncc(C2=CC(N)CCCC2)c1. The summed E-state index contributed by atoms with van der Waals surface area (Å²) in [7, 11) is 0. The fourth-order valence-corrected chi connectivity index (χ4v) is 2.29. The van der Waals surface area contributed by atoms with Gasteiger partial charge in [-0.2, -0.15) is 0 Å². The number of ether oxygens (including phenoxy) is 1. The Labute approximate surface area is 109 Å². The summed E-state index contributed by atoms with van der Waals surface area (Å²) in [6, 6.07) is 2.24. The van der Waals surface area contributed by atoms with E-state index in [1.165, 1.54) is 18.4 Å². The normalized spacial score (nSPS) is 20.4. The van der Waals surface area contributed by atoms with Gasteiger partial charge in [0.15, 0.2) is 0 Å². The maximum absolute atomic E-state index is 6.05. The molecule has 0 radical (unpaired) electrons. The van der Waals surface area contributed by atoms with Gasteiger partial charge < -0.3 is 10.5 Å². The number of aromatic nitrogens is 1. The second-order valence-corrected chi connectivity index (χ2v) is 5.18. The van der Waals surface area contributed by atoms with Crippen molar-refractivity contribution in [1.29, 1.82) is 0 Å². The average molecular weight is 246 g/mol. The van der Waals surface area contributed by atoms with Crippen molar-refractivity contribution in [2.45, 2.75) is 51.7 Å². The summed E-state index contributed by atoms with van der Waals surface area (Å²) in [5.41, 5.74) is 8.50. The Morgan fingerprint density at radius 2 is 2.17 bits per heavy atom. The zero-order valence-corrected chi connectivity index (χ0v) is 11.2. The van der Waals surface area contributed by atoms with Gasteiger partial charge in [-0.15, -0.1) is 0 Å². The zero-order chi connectivity index (χ0) is 13.0. The largest absolute Gasteiger partial charge is 0.489 e. The van der Waals surface area contributed by atoms with Crippen LogP contribution in [0.4, 0.5) is 0 Å². The lowest BCUT2D eigenvalue weighted by molar-refractivity contribution is 0.241. The summed E-state index contributed by atoms with van der Waals surface area (Å²) in [6.07, 6.45) is 10.6. The number of hydrogen-bond donors (Lipinski definition) is 1. The summed E-state index contributed by atoms with van der Waals surface area (Å²) in [6.45, 7) is 4.04. The molecule has 1 heterocycles. The quantitative estimate of drug-likeness (QED) is 0.891. The first kappa shape index (κ1) is 13.1. The van der Waals surface area contributed by atoms with Crippen LogP contribution in [0.3, 0.4) is 0 Å². The summed E-state index contributed by atoms with van der Waals surface area (Å²) in [5.74, 6) is 0.834. The highest BCUT2D eigenvalue weighted by Crippen LogP contribution is 2.27. The van der Waals surface area contributed by atoms with Crippen LogP contribution in [-0.2, 0) is 0 Å². The number of rotatable bonds is 3. The lowest BCUT2D eigenvalue weighted by atomic mass is 10.0. The van der Waals surface area contributed by atoms with E-state index < -0.39 is 0 Å². The van der Waals surface area contributed by atoms with Crippen molar-refractivity contribution in [3.8, 4) is 5.75 Å². The molecule has 18 heavy (non-hydrogen) atoms. The smallest absolute Gasteiger partial charge is 0.138 e. The predicted molar refractivity (Wildman–Crippen MR) is 74.4 cm³/mol. The van der Waals surface area contributed by atoms with Gasteiger partial charge >= 0.3 is 0 Å². The summed E-state index contributed by atoms with van der Waals surface area (Å²) >= 11 is 0. The van der Waals surface area contributed by atoms with Gasteiger partial charge in [0.25, 0.3) is 0 Å². The molecule has 1 atom stereocenters. The molecule has 0 saturated heterocycles. The minimum absolute atomic E-state index is 0.174. The zero-order valence-electron chi connectivity index (χ0n) is 11.2. The molecule has 0 bridgehead atoms. The molecule has 0 aromatic carbocycles. The predicted octanol–water partition coefficient (Wildman–Crippen LogP) is 3.15. The Hall–Kier alpha value is -1.35. The number of hydrogen-bond acceptors (Lipinski definition) is 3. The van der Waals surface area contributed by atoms with Crippen LogP contribution < -0.4 is 10.5 Å². The molecule has 1 aromatic heterocycles. The highest BCUT2D eigenvalue weighted by atomic mass is 16.5. The summed E-state index contributed by atoms with van der Waals surface area (Å²) in [4.78, 5) is 4.26. The molecular weight excluding hydrogens is 224 g/mol. The Balaban J connectivity index is 2.21. The molecule has 0 spiro atoms. The van der Waals surface area contributed by atoms with Gasteiger partial charge in [0.2, 0.25) is 0 Å². The van der Waals surface area contributed by atoms with Crippen molar-refractivity contribution in [3.05, 3.63) is 30.1 Å². The standard InChI is InChI=1S/C15H22N2O/c1-11(2)18-15-8-13(9-17-10-15)12-5-3-4-6-14(16)7-12/h7-11,14H,3-6,16H2,1-2H3. The molecular formula is C15H22N2O. The monoisotopic (exact) mass is 246 g/mol. The Bertz CT molecular complexity index is 426. The number of nitrogens with two attached hydrogens (primary N) is 1. The molecule has 3 nitrogen and oxygen atoms in total. The van der Waals surface area contributed by atoms with Crippen molar-refractivity contribution in [2.24, 2.45) is 5.73 Å². The number of pyridine rings is 1. The molecule has 1 aliphatic rings. The Kier molecular flexibility index (Phi) is 4.37. The Morgan fingerprint density at radius 3 is 2.94 bits per heavy atom. The molecule has 0 saturated carbocycles. The fraction of sp³-hybridized carbons (Fsp3) is 0.533. The lowest BCUT2D eigenvalue weighted by Crippen LogP contribution is -2.15. The van der Waals surface area contributed by atoms with Crippen molar-refractivity contribution >= 4 is 5.57 Å². The summed E-state index contributed by atoms with van der Waals surface area (Å²) < 4.78 is 5.68. The van der Waals surface area contributed by atoms with Gasteiger partial charge in [0.1, 0.15) is 5.75 Å². The molecule has 2 N–H and O–H groups in total. The molecule has 2 rings (SSSR count). The van der Waals surface area contributed by atoms with Crippen LogP contribution in [0, 0.1) is 0 Å². The van der Waals surface area contributed by atoms with Crippen molar-refractivity contribution in [1.82, 2.24) is 4.98 Å². The lowest BCUT2D eigenvalue weighted by Gasteiger charge is -2.12. The van der Waals surface area contributed by atoms with Gasteiger partial charge in [0.05, 0.1) is 12.3 Å². The van der Waals surface area contributed by atoms with Crippen LogP contribution in [0.15, 0.2) is 24.5 Å². The number of nitrogens with zero attached hydrogens (tertiary/aromatic N) is 1. The van der Waals surface area contributed by atoms with Gasteiger partial charge in [-0.05, 0) is 50.3 Å². The first-order chi connectivity index (χ1) is 8.65. The van der Waals surface area contributed by atoms with E-state index in [1.807, 2.05) is 20.0 Å². The van der Waals surface area contributed by atoms with Crippen molar-refractivity contribution in [2.75, 3.05) is 0 Å². The third-order valence-corrected chi connectivity index (χ3v) is 3.10. The van der Waals surface area contributed by atoms with Crippen LogP contribution in [0.2, 0.25) is 0 Å². The average Bonchev–Trinajstić information content (AvgIpc) is 2.53. The minimum Gasteiger partial charge on any atom is -0.489 e. The van der Waals surface area contributed by atoms with Crippen LogP contribution in [0.25, 0.3) is 5.57 Å². The summed E-state index contributed by atoms with van der Waals surface area (Å²) in [5, 5.41) is 0. The van der Waals surface area contributed by atoms with E-state index in [4.69, 9.17) is 10.5 Å². The molecule has 0 amide bonds. The fourth-order valence-electron chi connectivity index (χ4n) is 2.29. The highest BCUT2D eigenvalue weighted by Gasteiger charge is 2.11. The van der Waals surface area contributed by atoms with Gasteiger partial charge in [0, 0.05) is 12.2 Å². The van der Waals surface area contributed by atoms with E-state index in [-0.39, 0.29) is 12.1 Å². The van der Waals surface area contributed by atoms with Gasteiger partial charge in [-0.1, -0.05) is 12.5 Å². The van der Waals surface area contributed by atoms with E-state index >= 15 is 0 Å². The van der Waals surface area contributed by atoms with Gasteiger partial charge in [-0.3, -0.25) is 4.98 Å². The van der Waals surface area contributed by atoms with Gasteiger partial charge in [-0.25, -0.2) is 0 Å². The maximum Gasteiger partial charge on any atom is 0.138 e. The van der Waals surface area contributed by atoms with Crippen LogP contribution in [0.5, 0.6) is 5.75 Å². The molecule has 1 unspecified atom stereocenters. The van der Waals surface area contributed by atoms with E-state index in [9.17, 15) is 0 Å². The van der Waals surface area contributed by atoms with Crippen LogP contribution >= 0.6 is 0 Å². The topological polar surface area (TPSA) is 48.1 Å². The molecule has 1 aromatic rings. The third-order valence-electron chi connectivity index (χ3n) is 3.10. The molecule has 1 aliphatic carbocycles. The van der Waals surface area contributed by atoms with E-state index in [1.54, 1.807) is 6.20 Å². The maximum atomic E-state index is 6.05. The second-order valence-electron chi connectivity index (χ2n) is 5.18. The molecule has 0 fully saturated rings. The molecule has 0 aliphatic heterocycles. The van der Waals surface area contributed by atoms with E-state index in [2.05, 4.69) is 17.1 Å². The van der Waals surface area contributed by atoms with Crippen molar-refractivity contribution in [3.63, 3.8) is 0 Å². The second kappa shape index (κ2) is 6.01. The molecule has 98 valence electrons. The first-order valence-electron chi connectivity index (χ1n) is 6.73. The minimum atomic E-state index is 0.174. The van der Waals surface area contributed by atoms with Crippen LogP contribution in [-0.4, -0.2) is 17.1 Å². The Morgan fingerprint density at radius 1 is 1.33 bits per heavy atom. The highest BCUT2D eigenvalue weighted by molar-refractivity contribution is 5.66. The van der Waals surface area contributed by atoms with Crippen LogP contribution in [0.1, 0.15) is 45.1 Å². The van der Waals surface area contributed by atoms with Crippen molar-refractivity contribution < 1.29 is 4.74 Å². The number of allylic oxidation sites excluding steroid dienone is 1. The van der Waals surface area contributed by atoms with E-state index in [0.29, 0.717) is 0 Å². The molecule has 3 heteroatoms.